The lowest BCUT2D eigenvalue weighted by Crippen LogP contribution is -2.11. The van der Waals surface area contributed by atoms with Crippen LogP contribution in [0.3, 0.4) is 0 Å². The summed E-state index contributed by atoms with van der Waals surface area (Å²) in [5.74, 6) is 1.68. The third kappa shape index (κ3) is 2.78. The fraction of sp³-hybridized carbons (Fsp3) is 0.600. The van der Waals surface area contributed by atoms with Crippen LogP contribution >= 0.6 is 0 Å². The van der Waals surface area contributed by atoms with Gasteiger partial charge in [-0.1, -0.05) is 6.42 Å². The maximum Gasteiger partial charge on any atom is 0.161 e. The van der Waals surface area contributed by atoms with Crippen molar-refractivity contribution in [1.29, 1.82) is 0 Å². The van der Waals surface area contributed by atoms with Crippen LogP contribution in [-0.4, -0.2) is 13.2 Å². The molecule has 3 heteroatoms. The molecule has 18 heavy (non-hydrogen) atoms. The van der Waals surface area contributed by atoms with Crippen LogP contribution in [0, 0.1) is 0 Å². The van der Waals surface area contributed by atoms with Gasteiger partial charge in [-0.25, -0.2) is 0 Å². The van der Waals surface area contributed by atoms with Gasteiger partial charge in [0.1, 0.15) is 0 Å². The molecule has 1 aromatic carbocycles. The van der Waals surface area contributed by atoms with Gasteiger partial charge in [-0.05, 0) is 56.4 Å². The van der Waals surface area contributed by atoms with Crippen molar-refractivity contribution in [2.45, 2.75) is 45.6 Å². The summed E-state index contributed by atoms with van der Waals surface area (Å²) >= 11 is 0. The molecule has 1 atom stereocenters. The van der Waals surface area contributed by atoms with Gasteiger partial charge in [-0.3, -0.25) is 0 Å². The second kappa shape index (κ2) is 6.10. The Labute approximate surface area is 109 Å². The van der Waals surface area contributed by atoms with Gasteiger partial charge in [0, 0.05) is 6.04 Å². The fourth-order valence-electron chi connectivity index (χ4n) is 2.55. The first-order valence-electron chi connectivity index (χ1n) is 6.94. The van der Waals surface area contributed by atoms with Crippen molar-refractivity contribution >= 4 is 0 Å². The Kier molecular flexibility index (Phi) is 4.48. The summed E-state index contributed by atoms with van der Waals surface area (Å²) < 4.78 is 11.3. The van der Waals surface area contributed by atoms with E-state index in [0.717, 1.165) is 24.3 Å². The number of aryl methyl sites for hydroxylation is 1. The molecule has 2 rings (SSSR count). The van der Waals surface area contributed by atoms with E-state index in [-0.39, 0.29) is 6.04 Å². The molecule has 0 amide bonds. The molecule has 0 radical (unpaired) electrons. The van der Waals surface area contributed by atoms with E-state index in [1.165, 1.54) is 24.0 Å². The second-order valence-electron chi connectivity index (χ2n) is 4.72. The molecule has 1 unspecified atom stereocenters. The molecule has 2 N–H and O–H groups in total. The summed E-state index contributed by atoms with van der Waals surface area (Å²) in [5.41, 5.74) is 8.80. The van der Waals surface area contributed by atoms with Crippen LogP contribution in [0.15, 0.2) is 12.1 Å². The van der Waals surface area contributed by atoms with Crippen LogP contribution in [0.25, 0.3) is 0 Å². The highest BCUT2D eigenvalue weighted by atomic mass is 16.5. The first kappa shape index (κ1) is 13.2. The third-order valence-electron chi connectivity index (χ3n) is 3.42. The Morgan fingerprint density at radius 2 is 1.78 bits per heavy atom. The van der Waals surface area contributed by atoms with Gasteiger partial charge < -0.3 is 15.2 Å². The van der Waals surface area contributed by atoms with Crippen molar-refractivity contribution in [2.75, 3.05) is 13.2 Å². The Morgan fingerprint density at radius 3 is 2.44 bits per heavy atom. The summed E-state index contributed by atoms with van der Waals surface area (Å²) in [5, 5.41) is 0. The molecule has 3 nitrogen and oxygen atoms in total. The summed E-state index contributed by atoms with van der Waals surface area (Å²) in [6.07, 6.45) is 4.56. The number of nitrogens with two attached hydrogens (primary N) is 1. The molecule has 0 bridgehead atoms. The molecule has 1 aromatic rings. The molecule has 0 aromatic heterocycles. The highest BCUT2D eigenvalue weighted by Crippen LogP contribution is 2.36. The van der Waals surface area contributed by atoms with Crippen LogP contribution in [0.5, 0.6) is 11.5 Å². The zero-order valence-electron chi connectivity index (χ0n) is 11.4. The average molecular weight is 249 g/mol. The van der Waals surface area contributed by atoms with E-state index in [0.29, 0.717) is 13.2 Å². The van der Waals surface area contributed by atoms with Crippen LogP contribution < -0.4 is 15.2 Å². The van der Waals surface area contributed by atoms with E-state index in [4.69, 9.17) is 15.2 Å². The van der Waals surface area contributed by atoms with E-state index < -0.39 is 0 Å². The molecule has 1 aliphatic rings. The maximum absolute atomic E-state index is 6.24. The van der Waals surface area contributed by atoms with Crippen molar-refractivity contribution in [2.24, 2.45) is 5.73 Å². The zero-order chi connectivity index (χ0) is 13.0. The van der Waals surface area contributed by atoms with Crippen molar-refractivity contribution in [3.63, 3.8) is 0 Å². The van der Waals surface area contributed by atoms with Crippen LogP contribution in [0.2, 0.25) is 0 Å². The van der Waals surface area contributed by atoms with Gasteiger partial charge >= 0.3 is 0 Å². The first-order valence-corrected chi connectivity index (χ1v) is 6.94. The van der Waals surface area contributed by atoms with Crippen LogP contribution in [-0.2, 0) is 6.42 Å². The van der Waals surface area contributed by atoms with Gasteiger partial charge in [0.25, 0.3) is 0 Å². The molecule has 0 heterocycles. The molecular formula is C15H23NO2. The van der Waals surface area contributed by atoms with Crippen molar-refractivity contribution in [1.82, 2.24) is 0 Å². The lowest BCUT2D eigenvalue weighted by Gasteiger charge is -2.18. The van der Waals surface area contributed by atoms with Crippen molar-refractivity contribution in [3.8, 4) is 11.5 Å². The SMILES string of the molecule is CCOc1cc2c(cc1OCC)C(N)CCCC2. The van der Waals surface area contributed by atoms with E-state index in [1.807, 2.05) is 13.8 Å². The maximum atomic E-state index is 6.24. The largest absolute Gasteiger partial charge is 0.490 e. The Balaban J connectivity index is 2.40. The molecule has 0 saturated carbocycles. The first-order chi connectivity index (χ1) is 8.76. The molecule has 0 spiro atoms. The topological polar surface area (TPSA) is 44.5 Å². The predicted octanol–water partition coefficient (Wildman–Crippen LogP) is 3.21. The minimum Gasteiger partial charge on any atom is -0.490 e. The Bertz CT molecular complexity index is 404. The smallest absolute Gasteiger partial charge is 0.161 e. The van der Waals surface area contributed by atoms with E-state index >= 15 is 0 Å². The van der Waals surface area contributed by atoms with Gasteiger partial charge in [-0.2, -0.15) is 0 Å². The standard InChI is InChI=1S/C15H23NO2/c1-3-17-14-9-11-7-5-6-8-13(16)12(11)10-15(14)18-4-2/h9-10,13H,3-8,16H2,1-2H3. The third-order valence-corrected chi connectivity index (χ3v) is 3.42. The number of rotatable bonds is 4. The number of benzene rings is 1. The number of ether oxygens (including phenoxy) is 2. The van der Waals surface area contributed by atoms with E-state index in [2.05, 4.69) is 12.1 Å². The Morgan fingerprint density at radius 1 is 1.11 bits per heavy atom. The zero-order valence-corrected chi connectivity index (χ0v) is 11.4. The van der Waals surface area contributed by atoms with E-state index in [9.17, 15) is 0 Å². The van der Waals surface area contributed by atoms with Crippen molar-refractivity contribution < 1.29 is 9.47 Å². The molecule has 0 saturated heterocycles. The predicted molar refractivity (Wildman–Crippen MR) is 73.3 cm³/mol. The summed E-state index contributed by atoms with van der Waals surface area (Å²) in [7, 11) is 0. The summed E-state index contributed by atoms with van der Waals surface area (Å²) in [6.45, 7) is 5.29. The quantitative estimate of drug-likeness (QED) is 0.833. The van der Waals surface area contributed by atoms with Crippen molar-refractivity contribution in [3.05, 3.63) is 23.3 Å². The summed E-state index contributed by atoms with van der Waals surface area (Å²) in [6, 6.07) is 4.34. The number of hydrogen-bond donors (Lipinski definition) is 1. The second-order valence-corrected chi connectivity index (χ2v) is 4.72. The van der Waals surface area contributed by atoms with Gasteiger partial charge in [-0.15, -0.1) is 0 Å². The molecule has 0 aliphatic heterocycles. The minimum absolute atomic E-state index is 0.136. The minimum atomic E-state index is 0.136. The highest BCUT2D eigenvalue weighted by Gasteiger charge is 2.19. The average Bonchev–Trinajstić information content (AvgIpc) is 2.53. The van der Waals surface area contributed by atoms with Gasteiger partial charge in [0.15, 0.2) is 11.5 Å². The highest BCUT2D eigenvalue weighted by molar-refractivity contribution is 5.49. The van der Waals surface area contributed by atoms with Gasteiger partial charge in [0.2, 0.25) is 0 Å². The lowest BCUT2D eigenvalue weighted by atomic mass is 9.99. The molecule has 1 aliphatic carbocycles. The Hall–Kier alpha value is -1.22. The van der Waals surface area contributed by atoms with Gasteiger partial charge in [0.05, 0.1) is 13.2 Å². The van der Waals surface area contributed by atoms with Crippen LogP contribution in [0.4, 0.5) is 0 Å². The van der Waals surface area contributed by atoms with Crippen LogP contribution in [0.1, 0.15) is 50.3 Å². The molecular weight excluding hydrogens is 226 g/mol. The normalized spacial score (nSPS) is 18.9. The lowest BCUT2D eigenvalue weighted by molar-refractivity contribution is 0.287. The fourth-order valence-corrected chi connectivity index (χ4v) is 2.55. The van der Waals surface area contributed by atoms with E-state index in [1.54, 1.807) is 0 Å². The monoisotopic (exact) mass is 249 g/mol. The number of fused-ring (bicyclic) bond motifs is 1. The summed E-state index contributed by atoms with van der Waals surface area (Å²) in [4.78, 5) is 0. The molecule has 100 valence electrons. The molecule has 0 fully saturated rings. The number of hydrogen-bond acceptors (Lipinski definition) is 3.